The number of hydrogen-bond acceptors (Lipinski definition) is 4. The lowest BCUT2D eigenvalue weighted by Crippen LogP contribution is -2.35. The highest BCUT2D eigenvalue weighted by Crippen LogP contribution is 2.48. The SMILES string of the molecule is COC(=O)C(NC(=O)[C@@H]1C[C@H]1c1cccc(Br)c1)c1cccs1. The van der Waals surface area contributed by atoms with Crippen LogP contribution in [0.15, 0.2) is 46.3 Å². The molecule has 0 spiro atoms. The Morgan fingerprint density at radius 1 is 1.35 bits per heavy atom. The summed E-state index contributed by atoms with van der Waals surface area (Å²) in [5.41, 5.74) is 1.14. The molecular weight excluding hydrogens is 378 g/mol. The number of halogens is 1. The van der Waals surface area contributed by atoms with E-state index >= 15 is 0 Å². The van der Waals surface area contributed by atoms with Crippen molar-refractivity contribution in [3.8, 4) is 0 Å². The summed E-state index contributed by atoms with van der Waals surface area (Å²) in [5, 5.41) is 4.71. The van der Waals surface area contributed by atoms with Crippen LogP contribution in [0.5, 0.6) is 0 Å². The normalized spacial score (nSPS) is 20.6. The van der Waals surface area contributed by atoms with Gasteiger partial charge in [-0.25, -0.2) is 4.79 Å². The first-order chi connectivity index (χ1) is 11.1. The maximum Gasteiger partial charge on any atom is 0.333 e. The third-order valence-corrected chi connectivity index (χ3v) is 5.39. The second kappa shape index (κ2) is 6.84. The number of nitrogens with one attached hydrogen (secondary N) is 1. The van der Waals surface area contributed by atoms with Crippen LogP contribution in [0.3, 0.4) is 0 Å². The van der Waals surface area contributed by atoms with E-state index in [1.54, 1.807) is 0 Å². The number of methoxy groups -OCH3 is 1. The van der Waals surface area contributed by atoms with Gasteiger partial charge in [-0.2, -0.15) is 0 Å². The lowest BCUT2D eigenvalue weighted by Gasteiger charge is -2.15. The number of ether oxygens (including phenoxy) is 1. The molecule has 4 nitrogen and oxygen atoms in total. The van der Waals surface area contributed by atoms with Gasteiger partial charge in [-0.15, -0.1) is 11.3 Å². The van der Waals surface area contributed by atoms with E-state index in [1.165, 1.54) is 18.4 Å². The Bertz CT molecular complexity index is 716. The molecule has 3 atom stereocenters. The molecule has 120 valence electrons. The number of thiophene rings is 1. The third-order valence-electron chi connectivity index (χ3n) is 3.96. The van der Waals surface area contributed by atoms with Crippen molar-refractivity contribution >= 4 is 39.1 Å². The molecule has 3 rings (SSSR count). The van der Waals surface area contributed by atoms with Gasteiger partial charge < -0.3 is 10.1 Å². The quantitative estimate of drug-likeness (QED) is 0.788. The molecule has 0 aliphatic heterocycles. The summed E-state index contributed by atoms with van der Waals surface area (Å²) in [4.78, 5) is 25.2. The maximum atomic E-state index is 12.5. The van der Waals surface area contributed by atoms with Crippen LogP contribution in [0.4, 0.5) is 0 Å². The predicted molar refractivity (Wildman–Crippen MR) is 92.2 cm³/mol. The van der Waals surface area contributed by atoms with Crippen molar-refractivity contribution in [1.82, 2.24) is 5.32 Å². The topological polar surface area (TPSA) is 55.4 Å². The number of esters is 1. The predicted octanol–water partition coefficient (Wildman–Crippen LogP) is 3.64. The van der Waals surface area contributed by atoms with E-state index in [-0.39, 0.29) is 17.7 Å². The fourth-order valence-electron chi connectivity index (χ4n) is 2.66. The zero-order chi connectivity index (χ0) is 16.4. The van der Waals surface area contributed by atoms with Gasteiger partial charge in [0, 0.05) is 15.3 Å². The van der Waals surface area contributed by atoms with Crippen molar-refractivity contribution in [3.05, 3.63) is 56.7 Å². The lowest BCUT2D eigenvalue weighted by atomic mass is 10.1. The van der Waals surface area contributed by atoms with Crippen molar-refractivity contribution in [2.45, 2.75) is 18.4 Å². The fourth-order valence-corrected chi connectivity index (χ4v) is 3.84. The minimum atomic E-state index is -0.726. The number of carbonyl (C=O) groups is 2. The molecule has 1 saturated carbocycles. The van der Waals surface area contributed by atoms with Crippen LogP contribution in [0.2, 0.25) is 0 Å². The minimum absolute atomic E-state index is 0.0866. The number of benzene rings is 1. The molecular formula is C17H16BrNO3S. The van der Waals surface area contributed by atoms with Gasteiger partial charge in [0.25, 0.3) is 0 Å². The highest BCUT2D eigenvalue weighted by Gasteiger charge is 2.45. The fraction of sp³-hybridized carbons (Fsp3) is 0.294. The summed E-state index contributed by atoms with van der Waals surface area (Å²) in [7, 11) is 1.33. The van der Waals surface area contributed by atoms with Crippen LogP contribution in [0, 0.1) is 5.92 Å². The summed E-state index contributed by atoms with van der Waals surface area (Å²) in [6.45, 7) is 0. The summed E-state index contributed by atoms with van der Waals surface area (Å²) >= 11 is 4.88. The Kier molecular flexibility index (Phi) is 4.82. The van der Waals surface area contributed by atoms with Crippen molar-refractivity contribution in [2.24, 2.45) is 5.92 Å². The standard InChI is InChI=1S/C17H16BrNO3S/c1-22-17(21)15(14-6-3-7-23-14)19-16(20)13-9-12(13)10-4-2-5-11(18)8-10/h2-8,12-13,15H,9H2,1H3,(H,19,20)/t12-,13+,15?/m0/s1. The lowest BCUT2D eigenvalue weighted by molar-refractivity contribution is -0.145. The highest BCUT2D eigenvalue weighted by atomic mass is 79.9. The Morgan fingerprint density at radius 3 is 2.83 bits per heavy atom. The molecule has 1 heterocycles. The first kappa shape index (κ1) is 16.2. The Morgan fingerprint density at radius 2 is 2.17 bits per heavy atom. The van der Waals surface area contributed by atoms with Crippen LogP contribution in [0.25, 0.3) is 0 Å². The van der Waals surface area contributed by atoms with Crippen LogP contribution in [0.1, 0.15) is 28.8 Å². The molecule has 1 aromatic carbocycles. The molecule has 0 bridgehead atoms. The number of amides is 1. The van der Waals surface area contributed by atoms with Crippen LogP contribution >= 0.6 is 27.3 Å². The van der Waals surface area contributed by atoms with Crippen LogP contribution in [-0.4, -0.2) is 19.0 Å². The van der Waals surface area contributed by atoms with Gasteiger partial charge in [0.15, 0.2) is 6.04 Å². The average molecular weight is 394 g/mol. The second-order valence-electron chi connectivity index (χ2n) is 5.48. The Balaban J connectivity index is 1.68. The van der Waals surface area contributed by atoms with Crippen LogP contribution < -0.4 is 5.32 Å². The average Bonchev–Trinajstić information content (AvgIpc) is 3.18. The van der Waals surface area contributed by atoms with Crippen LogP contribution in [-0.2, 0) is 14.3 Å². The molecule has 1 aliphatic carbocycles. The van der Waals surface area contributed by atoms with E-state index in [1.807, 2.05) is 41.8 Å². The summed E-state index contributed by atoms with van der Waals surface area (Å²) in [6, 6.07) is 10.9. The van der Waals surface area contributed by atoms with Gasteiger partial charge in [-0.1, -0.05) is 34.1 Å². The molecule has 1 fully saturated rings. The molecule has 1 N–H and O–H groups in total. The molecule has 0 radical (unpaired) electrons. The van der Waals surface area contributed by atoms with Gasteiger partial charge >= 0.3 is 5.97 Å². The van der Waals surface area contributed by atoms with Crippen molar-refractivity contribution in [3.63, 3.8) is 0 Å². The van der Waals surface area contributed by atoms with Crippen molar-refractivity contribution in [2.75, 3.05) is 7.11 Å². The van der Waals surface area contributed by atoms with E-state index in [4.69, 9.17) is 4.74 Å². The van der Waals surface area contributed by atoms with Gasteiger partial charge in [-0.3, -0.25) is 4.79 Å². The third kappa shape index (κ3) is 3.64. The summed E-state index contributed by atoms with van der Waals surface area (Å²) in [6.07, 6.45) is 0.806. The summed E-state index contributed by atoms with van der Waals surface area (Å²) < 4.78 is 5.82. The van der Waals surface area contributed by atoms with E-state index < -0.39 is 12.0 Å². The number of carbonyl (C=O) groups excluding carboxylic acids is 2. The minimum Gasteiger partial charge on any atom is -0.467 e. The monoisotopic (exact) mass is 393 g/mol. The first-order valence-corrected chi connectivity index (χ1v) is 8.94. The molecule has 23 heavy (non-hydrogen) atoms. The molecule has 0 saturated heterocycles. The molecule has 1 amide bonds. The molecule has 2 aromatic rings. The van der Waals surface area contributed by atoms with E-state index in [0.29, 0.717) is 0 Å². The zero-order valence-electron chi connectivity index (χ0n) is 12.5. The van der Waals surface area contributed by atoms with E-state index in [2.05, 4.69) is 21.2 Å². The Labute approximate surface area is 147 Å². The van der Waals surface area contributed by atoms with E-state index in [9.17, 15) is 9.59 Å². The molecule has 1 aliphatic rings. The van der Waals surface area contributed by atoms with Gasteiger partial charge in [-0.05, 0) is 41.5 Å². The molecule has 6 heteroatoms. The molecule has 1 unspecified atom stereocenters. The first-order valence-electron chi connectivity index (χ1n) is 7.27. The molecule has 1 aromatic heterocycles. The summed E-state index contributed by atoms with van der Waals surface area (Å²) in [5.74, 6) is -0.412. The van der Waals surface area contributed by atoms with Gasteiger partial charge in [0.05, 0.1) is 7.11 Å². The Hall–Kier alpha value is -1.66. The van der Waals surface area contributed by atoms with Crippen molar-refractivity contribution < 1.29 is 14.3 Å². The largest absolute Gasteiger partial charge is 0.467 e. The zero-order valence-corrected chi connectivity index (χ0v) is 14.9. The van der Waals surface area contributed by atoms with E-state index in [0.717, 1.165) is 21.3 Å². The van der Waals surface area contributed by atoms with Gasteiger partial charge in [0.1, 0.15) is 0 Å². The van der Waals surface area contributed by atoms with Gasteiger partial charge in [0.2, 0.25) is 5.91 Å². The maximum absolute atomic E-state index is 12.5. The second-order valence-corrected chi connectivity index (χ2v) is 7.38. The number of rotatable bonds is 5. The van der Waals surface area contributed by atoms with Crippen molar-refractivity contribution in [1.29, 1.82) is 0 Å². The number of hydrogen-bond donors (Lipinski definition) is 1. The smallest absolute Gasteiger partial charge is 0.333 e. The highest BCUT2D eigenvalue weighted by molar-refractivity contribution is 9.10.